The standard InChI is InChI=1S/C14H17FN2OS.CH4N2O/c1-3-10-5-4-6-13(17(2)16)14(10)19-9-12-7-11(15)8-18-12;2-3-1-4/h4-8H,3,9,16H2,1-2H3;1H,2H2,(H,3,4). The highest BCUT2D eigenvalue weighted by molar-refractivity contribution is 7.98. The summed E-state index contributed by atoms with van der Waals surface area (Å²) < 4.78 is 18.0. The molecule has 0 saturated heterocycles. The minimum Gasteiger partial charge on any atom is -0.465 e. The van der Waals surface area contributed by atoms with Crippen molar-refractivity contribution in [2.45, 2.75) is 24.0 Å². The summed E-state index contributed by atoms with van der Waals surface area (Å²) in [6, 6.07) is 7.46. The van der Waals surface area contributed by atoms with E-state index in [9.17, 15) is 4.39 Å². The van der Waals surface area contributed by atoms with E-state index < -0.39 is 0 Å². The number of nitrogens with one attached hydrogen (secondary N) is 1. The fourth-order valence-electron chi connectivity index (χ4n) is 1.87. The smallest absolute Gasteiger partial charge is 0.221 e. The van der Waals surface area contributed by atoms with E-state index in [4.69, 9.17) is 15.1 Å². The zero-order valence-electron chi connectivity index (χ0n) is 13.1. The van der Waals surface area contributed by atoms with E-state index in [2.05, 4.69) is 18.8 Å². The van der Waals surface area contributed by atoms with Crippen LogP contribution in [0.4, 0.5) is 10.1 Å². The Balaban J connectivity index is 0.000000593. The lowest BCUT2D eigenvalue weighted by atomic mass is 10.1. The summed E-state index contributed by atoms with van der Waals surface area (Å²) in [4.78, 5) is 10.1. The minimum absolute atomic E-state index is 0.337. The number of furan rings is 1. The molecule has 0 saturated carbocycles. The van der Waals surface area contributed by atoms with Gasteiger partial charge in [0.05, 0.1) is 11.4 Å². The summed E-state index contributed by atoms with van der Waals surface area (Å²) >= 11 is 1.61. The van der Waals surface area contributed by atoms with E-state index in [0.717, 1.165) is 23.3 Å². The molecule has 0 aliphatic heterocycles. The molecule has 2 rings (SSSR count). The minimum atomic E-state index is -0.337. The van der Waals surface area contributed by atoms with Crippen LogP contribution >= 0.6 is 11.8 Å². The number of anilines is 1. The van der Waals surface area contributed by atoms with Crippen molar-refractivity contribution in [3.8, 4) is 0 Å². The molecule has 0 aliphatic carbocycles. The molecule has 0 radical (unpaired) electrons. The maximum atomic E-state index is 12.9. The van der Waals surface area contributed by atoms with Crippen molar-refractivity contribution in [2.24, 2.45) is 11.7 Å². The molecule has 0 aliphatic rings. The Morgan fingerprint density at radius 1 is 1.48 bits per heavy atom. The van der Waals surface area contributed by atoms with Gasteiger partial charge in [-0.15, -0.1) is 11.8 Å². The fraction of sp³-hybridized carbons (Fsp3) is 0.267. The van der Waals surface area contributed by atoms with Gasteiger partial charge in [-0.1, -0.05) is 19.1 Å². The Labute approximate surface area is 138 Å². The van der Waals surface area contributed by atoms with Crippen molar-refractivity contribution in [1.29, 1.82) is 0 Å². The molecule has 0 unspecified atom stereocenters. The molecular weight excluding hydrogens is 319 g/mol. The number of carbonyl (C=O) groups is 1. The predicted molar refractivity (Wildman–Crippen MR) is 90.0 cm³/mol. The van der Waals surface area contributed by atoms with Gasteiger partial charge in [0.15, 0.2) is 5.82 Å². The second-order valence-electron chi connectivity index (χ2n) is 4.53. The number of aryl methyl sites for hydroxylation is 1. The second kappa shape index (κ2) is 9.88. The third kappa shape index (κ3) is 5.93. The van der Waals surface area contributed by atoms with E-state index in [1.807, 2.05) is 19.2 Å². The molecule has 5 N–H and O–H groups in total. The maximum absolute atomic E-state index is 12.9. The Hall–Kier alpha value is -2.03. The first-order valence-electron chi connectivity index (χ1n) is 6.89. The van der Waals surface area contributed by atoms with Crippen molar-refractivity contribution >= 4 is 23.9 Å². The average molecular weight is 340 g/mol. The number of benzene rings is 1. The zero-order chi connectivity index (χ0) is 17.2. The molecule has 0 atom stereocenters. The number of carbonyl (C=O) groups excluding carboxylic acids is 1. The van der Waals surface area contributed by atoms with Crippen LogP contribution in [0.1, 0.15) is 18.2 Å². The normalized spacial score (nSPS) is 9.78. The van der Waals surface area contributed by atoms with Gasteiger partial charge in [-0.05, 0) is 18.1 Å². The van der Waals surface area contributed by atoms with Crippen molar-refractivity contribution in [3.63, 3.8) is 0 Å². The van der Waals surface area contributed by atoms with Crippen LogP contribution in [-0.4, -0.2) is 13.5 Å². The van der Waals surface area contributed by atoms with Crippen LogP contribution < -0.4 is 22.1 Å². The number of hydrogen-bond donors (Lipinski definition) is 3. The highest BCUT2D eigenvalue weighted by Gasteiger charge is 2.11. The van der Waals surface area contributed by atoms with E-state index in [0.29, 0.717) is 17.9 Å². The van der Waals surface area contributed by atoms with Gasteiger partial charge in [-0.25, -0.2) is 16.1 Å². The van der Waals surface area contributed by atoms with Crippen LogP contribution in [0.3, 0.4) is 0 Å². The van der Waals surface area contributed by atoms with Gasteiger partial charge in [0.25, 0.3) is 0 Å². The quantitative estimate of drug-likeness (QED) is 0.245. The lowest BCUT2D eigenvalue weighted by Gasteiger charge is -2.19. The number of nitrogens with zero attached hydrogens (tertiary/aromatic N) is 1. The van der Waals surface area contributed by atoms with Gasteiger partial charge < -0.3 is 9.43 Å². The van der Waals surface area contributed by atoms with Crippen LogP contribution in [0, 0.1) is 5.82 Å². The summed E-state index contributed by atoms with van der Waals surface area (Å²) in [5, 5.41) is 1.60. The number of halogens is 1. The molecule has 23 heavy (non-hydrogen) atoms. The van der Waals surface area contributed by atoms with Crippen LogP contribution in [-0.2, 0) is 17.0 Å². The first-order chi connectivity index (χ1) is 11.0. The first kappa shape index (κ1) is 19.0. The summed E-state index contributed by atoms with van der Waals surface area (Å²) in [5.74, 6) is 11.1. The molecule has 1 aromatic heterocycles. The van der Waals surface area contributed by atoms with Crippen LogP contribution in [0.5, 0.6) is 0 Å². The third-order valence-electron chi connectivity index (χ3n) is 2.89. The van der Waals surface area contributed by atoms with Gasteiger partial charge in [0.1, 0.15) is 12.0 Å². The van der Waals surface area contributed by atoms with E-state index in [1.54, 1.807) is 22.2 Å². The van der Waals surface area contributed by atoms with Gasteiger partial charge in [-0.3, -0.25) is 10.2 Å². The first-order valence-corrected chi connectivity index (χ1v) is 7.87. The molecule has 1 aromatic carbocycles. The van der Waals surface area contributed by atoms with Gasteiger partial charge >= 0.3 is 0 Å². The SMILES string of the molecule is CCc1cccc(N(C)N)c1SCc1cc(F)co1.NNC=O. The van der Waals surface area contributed by atoms with E-state index >= 15 is 0 Å². The molecule has 0 spiro atoms. The molecule has 126 valence electrons. The largest absolute Gasteiger partial charge is 0.465 e. The summed E-state index contributed by atoms with van der Waals surface area (Å²) in [7, 11) is 1.81. The summed E-state index contributed by atoms with van der Waals surface area (Å²) in [5.41, 5.74) is 3.95. The molecule has 1 heterocycles. The average Bonchev–Trinajstić information content (AvgIpc) is 2.98. The Morgan fingerprint density at radius 2 is 2.17 bits per heavy atom. The Bertz CT molecular complexity index is 619. The fourth-order valence-corrected chi connectivity index (χ4v) is 3.06. The van der Waals surface area contributed by atoms with E-state index in [1.165, 1.54) is 11.6 Å². The van der Waals surface area contributed by atoms with Crippen LogP contribution in [0.2, 0.25) is 0 Å². The van der Waals surface area contributed by atoms with Gasteiger partial charge in [-0.2, -0.15) is 0 Å². The number of hydrogen-bond acceptors (Lipinski definition) is 6. The molecule has 8 heteroatoms. The second-order valence-corrected chi connectivity index (χ2v) is 5.52. The molecule has 6 nitrogen and oxygen atoms in total. The third-order valence-corrected chi connectivity index (χ3v) is 4.07. The number of amides is 1. The molecule has 0 bridgehead atoms. The van der Waals surface area contributed by atoms with Crippen LogP contribution in [0.25, 0.3) is 0 Å². The van der Waals surface area contributed by atoms with E-state index in [-0.39, 0.29) is 5.82 Å². The monoisotopic (exact) mass is 340 g/mol. The Kier molecular flexibility index (Phi) is 8.17. The zero-order valence-corrected chi connectivity index (χ0v) is 13.9. The van der Waals surface area contributed by atoms with Gasteiger partial charge in [0, 0.05) is 18.0 Å². The number of rotatable bonds is 6. The predicted octanol–water partition coefficient (Wildman–Crippen LogP) is 2.19. The van der Waals surface area contributed by atoms with Crippen molar-refractivity contribution in [3.05, 3.63) is 47.7 Å². The molecule has 2 aromatic rings. The van der Waals surface area contributed by atoms with Crippen molar-refractivity contribution in [2.75, 3.05) is 12.1 Å². The Morgan fingerprint density at radius 3 is 2.65 bits per heavy atom. The topological polar surface area (TPSA) is 97.5 Å². The lowest BCUT2D eigenvalue weighted by Crippen LogP contribution is -2.25. The number of hydrazine groups is 2. The summed E-state index contributed by atoms with van der Waals surface area (Å²) in [6.07, 6.45) is 2.45. The van der Waals surface area contributed by atoms with Crippen molar-refractivity contribution in [1.82, 2.24) is 5.43 Å². The van der Waals surface area contributed by atoms with Gasteiger partial charge in [0.2, 0.25) is 6.41 Å². The van der Waals surface area contributed by atoms with Crippen LogP contribution in [0.15, 0.2) is 39.8 Å². The number of thioether (sulfide) groups is 1. The molecule has 1 amide bonds. The highest BCUT2D eigenvalue weighted by Crippen LogP contribution is 2.34. The number of nitrogens with two attached hydrogens (primary N) is 2. The van der Waals surface area contributed by atoms with Crippen molar-refractivity contribution < 1.29 is 13.6 Å². The molecule has 0 fully saturated rings. The maximum Gasteiger partial charge on any atom is 0.221 e. The lowest BCUT2D eigenvalue weighted by molar-refractivity contribution is -0.109. The summed E-state index contributed by atoms with van der Waals surface area (Å²) in [6.45, 7) is 2.10. The highest BCUT2D eigenvalue weighted by atomic mass is 32.2. The molecular formula is C15H21FN4O2S.